The number of benzene rings is 1. The van der Waals surface area contributed by atoms with Crippen molar-refractivity contribution >= 4 is 27.4 Å². The zero-order valence-corrected chi connectivity index (χ0v) is 10.7. The number of nitrogens with zero attached hydrogens (tertiary/aromatic N) is 1. The van der Waals surface area contributed by atoms with E-state index in [2.05, 4.69) is 23.0 Å². The first-order chi connectivity index (χ1) is 8.67. The SMILES string of the molecule is CCc1cc(-c2nc3ccc(O)cc3[nH]2)c(N)s1. The first kappa shape index (κ1) is 11.1. The van der Waals surface area contributed by atoms with Gasteiger partial charge in [-0.25, -0.2) is 4.98 Å². The molecular weight excluding hydrogens is 246 g/mol. The summed E-state index contributed by atoms with van der Waals surface area (Å²) in [6.45, 7) is 2.10. The molecule has 4 nitrogen and oxygen atoms in total. The number of anilines is 1. The summed E-state index contributed by atoms with van der Waals surface area (Å²) in [5, 5.41) is 10.2. The predicted octanol–water partition coefficient (Wildman–Crippen LogP) is 3.14. The standard InChI is InChI=1S/C13H13N3OS/c1-2-8-6-9(12(14)18-8)13-15-10-4-3-7(17)5-11(10)16-13/h3-6,17H,2,14H2,1H3,(H,15,16). The summed E-state index contributed by atoms with van der Waals surface area (Å²) in [6.07, 6.45) is 0.968. The van der Waals surface area contributed by atoms with Crippen LogP contribution in [0.15, 0.2) is 24.3 Å². The highest BCUT2D eigenvalue weighted by atomic mass is 32.1. The summed E-state index contributed by atoms with van der Waals surface area (Å²) in [5.41, 5.74) is 8.59. The Morgan fingerprint density at radius 2 is 2.22 bits per heavy atom. The van der Waals surface area contributed by atoms with Gasteiger partial charge in [-0.05, 0) is 24.6 Å². The molecule has 92 valence electrons. The number of hydrogen-bond donors (Lipinski definition) is 3. The molecule has 0 saturated carbocycles. The third-order valence-electron chi connectivity index (χ3n) is 2.88. The maximum atomic E-state index is 9.44. The number of phenols is 1. The van der Waals surface area contributed by atoms with Gasteiger partial charge in [-0.3, -0.25) is 0 Å². The molecule has 0 aliphatic rings. The van der Waals surface area contributed by atoms with Crippen LogP contribution in [0.4, 0.5) is 5.00 Å². The number of hydrogen-bond acceptors (Lipinski definition) is 4. The van der Waals surface area contributed by atoms with Crippen LogP contribution in [0.2, 0.25) is 0 Å². The van der Waals surface area contributed by atoms with Crippen LogP contribution in [0.5, 0.6) is 5.75 Å². The number of thiophene rings is 1. The zero-order chi connectivity index (χ0) is 12.7. The Kier molecular flexibility index (Phi) is 2.48. The highest BCUT2D eigenvalue weighted by Crippen LogP contribution is 2.33. The van der Waals surface area contributed by atoms with Crippen LogP contribution in [-0.2, 0) is 6.42 Å². The fourth-order valence-electron chi connectivity index (χ4n) is 1.94. The first-order valence-corrected chi connectivity index (χ1v) is 6.56. The minimum absolute atomic E-state index is 0.227. The minimum atomic E-state index is 0.227. The second kappa shape index (κ2) is 4.03. The molecule has 0 unspecified atom stereocenters. The van der Waals surface area contributed by atoms with E-state index < -0.39 is 0 Å². The average Bonchev–Trinajstić information content (AvgIpc) is 2.91. The molecule has 3 aromatic rings. The molecule has 0 saturated heterocycles. The molecule has 18 heavy (non-hydrogen) atoms. The van der Waals surface area contributed by atoms with E-state index in [4.69, 9.17) is 5.73 Å². The van der Waals surface area contributed by atoms with Gasteiger partial charge in [0, 0.05) is 10.9 Å². The topological polar surface area (TPSA) is 74.9 Å². The molecule has 0 radical (unpaired) electrons. The lowest BCUT2D eigenvalue weighted by Gasteiger charge is -1.92. The highest BCUT2D eigenvalue weighted by Gasteiger charge is 2.12. The van der Waals surface area contributed by atoms with Crippen molar-refractivity contribution in [2.75, 3.05) is 5.73 Å². The van der Waals surface area contributed by atoms with Crippen LogP contribution in [0.3, 0.4) is 0 Å². The van der Waals surface area contributed by atoms with E-state index in [9.17, 15) is 5.11 Å². The van der Waals surface area contributed by atoms with E-state index in [1.54, 1.807) is 29.5 Å². The van der Waals surface area contributed by atoms with Gasteiger partial charge in [-0.1, -0.05) is 6.92 Å². The summed E-state index contributed by atoms with van der Waals surface area (Å²) in [4.78, 5) is 8.92. The van der Waals surface area contributed by atoms with E-state index in [1.165, 1.54) is 4.88 Å². The molecule has 0 fully saturated rings. The highest BCUT2D eigenvalue weighted by molar-refractivity contribution is 7.16. The van der Waals surface area contributed by atoms with Gasteiger partial charge in [0.15, 0.2) is 0 Å². The van der Waals surface area contributed by atoms with Gasteiger partial charge in [0.1, 0.15) is 11.6 Å². The number of aromatic hydroxyl groups is 1. The predicted molar refractivity (Wildman–Crippen MR) is 74.9 cm³/mol. The second-order valence-electron chi connectivity index (χ2n) is 4.13. The molecular formula is C13H13N3OS. The quantitative estimate of drug-likeness (QED) is 0.661. The Morgan fingerprint density at radius 1 is 1.39 bits per heavy atom. The third-order valence-corrected chi connectivity index (χ3v) is 3.99. The summed E-state index contributed by atoms with van der Waals surface area (Å²) in [5.74, 6) is 0.981. The molecule has 0 spiro atoms. The fourth-order valence-corrected chi connectivity index (χ4v) is 2.81. The smallest absolute Gasteiger partial charge is 0.141 e. The van der Waals surface area contributed by atoms with Crippen molar-refractivity contribution in [3.63, 3.8) is 0 Å². The lowest BCUT2D eigenvalue weighted by atomic mass is 10.2. The average molecular weight is 259 g/mol. The van der Waals surface area contributed by atoms with Crippen LogP contribution in [0.25, 0.3) is 22.4 Å². The van der Waals surface area contributed by atoms with E-state index in [0.29, 0.717) is 0 Å². The van der Waals surface area contributed by atoms with Gasteiger partial charge in [0.25, 0.3) is 0 Å². The third kappa shape index (κ3) is 1.73. The van der Waals surface area contributed by atoms with E-state index in [1.807, 2.05) is 0 Å². The number of nitrogens with one attached hydrogen (secondary N) is 1. The molecule has 2 heterocycles. The molecule has 3 rings (SSSR count). The molecule has 0 amide bonds. The Balaban J connectivity index is 2.15. The van der Waals surface area contributed by atoms with E-state index in [0.717, 1.165) is 33.8 Å². The number of phenolic OH excluding ortho intramolecular Hbond substituents is 1. The van der Waals surface area contributed by atoms with Crippen molar-refractivity contribution < 1.29 is 5.11 Å². The largest absolute Gasteiger partial charge is 0.508 e. The fraction of sp³-hybridized carbons (Fsp3) is 0.154. The number of aromatic amines is 1. The molecule has 0 atom stereocenters. The van der Waals surface area contributed by atoms with Gasteiger partial charge in [0.2, 0.25) is 0 Å². The molecule has 0 aliphatic carbocycles. The number of aromatic nitrogens is 2. The van der Waals surface area contributed by atoms with Crippen LogP contribution in [0.1, 0.15) is 11.8 Å². The summed E-state index contributed by atoms with van der Waals surface area (Å²) in [7, 11) is 0. The zero-order valence-electron chi connectivity index (χ0n) is 9.90. The van der Waals surface area contributed by atoms with E-state index in [-0.39, 0.29) is 5.75 Å². The molecule has 5 heteroatoms. The number of imidazole rings is 1. The Hall–Kier alpha value is -2.01. The van der Waals surface area contributed by atoms with E-state index >= 15 is 0 Å². The van der Waals surface area contributed by atoms with Gasteiger partial charge in [-0.2, -0.15) is 0 Å². The summed E-state index contributed by atoms with van der Waals surface area (Å²) >= 11 is 1.59. The number of H-pyrrole nitrogens is 1. The monoisotopic (exact) mass is 259 g/mol. The number of nitrogen functional groups attached to an aromatic ring is 1. The van der Waals surface area contributed by atoms with Crippen LogP contribution in [-0.4, -0.2) is 15.1 Å². The molecule has 4 N–H and O–H groups in total. The van der Waals surface area contributed by atoms with Crippen molar-refractivity contribution in [1.29, 1.82) is 0 Å². The van der Waals surface area contributed by atoms with Crippen LogP contribution < -0.4 is 5.73 Å². The molecule has 1 aromatic carbocycles. The van der Waals surface area contributed by atoms with Crippen molar-refractivity contribution in [3.05, 3.63) is 29.1 Å². The number of rotatable bonds is 2. The molecule has 0 aliphatic heterocycles. The number of fused-ring (bicyclic) bond motifs is 1. The van der Waals surface area contributed by atoms with Gasteiger partial charge in [-0.15, -0.1) is 11.3 Å². The number of nitrogens with two attached hydrogens (primary N) is 1. The Morgan fingerprint density at radius 3 is 2.94 bits per heavy atom. The molecule has 2 aromatic heterocycles. The lowest BCUT2D eigenvalue weighted by Crippen LogP contribution is -1.84. The normalized spacial score (nSPS) is 11.2. The summed E-state index contributed by atoms with van der Waals surface area (Å²) in [6, 6.07) is 7.14. The van der Waals surface area contributed by atoms with Crippen LogP contribution in [0, 0.1) is 0 Å². The first-order valence-electron chi connectivity index (χ1n) is 5.74. The number of aryl methyl sites for hydroxylation is 1. The summed E-state index contributed by atoms with van der Waals surface area (Å²) < 4.78 is 0. The van der Waals surface area contributed by atoms with Gasteiger partial charge < -0.3 is 15.8 Å². The Bertz CT molecular complexity index is 714. The van der Waals surface area contributed by atoms with Crippen molar-refractivity contribution in [2.45, 2.75) is 13.3 Å². The van der Waals surface area contributed by atoms with Gasteiger partial charge >= 0.3 is 0 Å². The minimum Gasteiger partial charge on any atom is -0.508 e. The maximum absolute atomic E-state index is 9.44. The molecule has 0 bridgehead atoms. The lowest BCUT2D eigenvalue weighted by molar-refractivity contribution is 0.476. The van der Waals surface area contributed by atoms with Crippen LogP contribution >= 0.6 is 11.3 Å². The Labute approximate surface area is 108 Å². The van der Waals surface area contributed by atoms with Gasteiger partial charge in [0.05, 0.1) is 21.6 Å². The van der Waals surface area contributed by atoms with Crippen molar-refractivity contribution in [1.82, 2.24) is 9.97 Å². The second-order valence-corrected chi connectivity index (χ2v) is 5.30. The van der Waals surface area contributed by atoms with Crippen molar-refractivity contribution in [3.8, 4) is 17.1 Å². The maximum Gasteiger partial charge on any atom is 0.141 e. The van der Waals surface area contributed by atoms with Crippen molar-refractivity contribution in [2.24, 2.45) is 0 Å².